The Balaban J connectivity index is 1.54. The molecule has 1 amide bonds. The maximum absolute atomic E-state index is 13.5. The molecule has 154 valence electrons. The first-order valence-electron chi connectivity index (χ1n) is 9.91. The standard InChI is InChI=1S/C24H21F3N2O/c25-20-8-4-17(5-9-20)23(18-6-10-21(26)11-7-18)28-12-14-29(15-13-28)24(30)19-2-1-3-22(27)16-19/h1-11,16,23H,12-15H2/p+1. The molecule has 0 aliphatic carbocycles. The lowest BCUT2D eigenvalue weighted by Crippen LogP contribution is -3.15. The Bertz CT molecular complexity index is 968. The average molecular weight is 411 g/mol. The fourth-order valence-corrected chi connectivity index (χ4v) is 4.06. The van der Waals surface area contributed by atoms with Gasteiger partial charge in [0.15, 0.2) is 0 Å². The summed E-state index contributed by atoms with van der Waals surface area (Å²) >= 11 is 0. The summed E-state index contributed by atoms with van der Waals surface area (Å²) in [5, 5.41) is 0. The number of piperazine rings is 1. The number of carbonyl (C=O) groups excluding carboxylic acids is 1. The number of quaternary nitrogens is 1. The van der Waals surface area contributed by atoms with Crippen LogP contribution < -0.4 is 4.90 Å². The average Bonchev–Trinajstić information content (AvgIpc) is 2.76. The number of hydrogen-bond donors (Lipinski definition) is 1. The zero-order valence-electron chi connectivity index (χ0n) is 16.3. The molecule has 4 rings (SSSR count). The van der Waals surface area contributed by atoms with Crippen LogP contribution in [0.5, 0.6) is 0 Å². The minimum absolute atomic E-state index is 0.0994. The van der Waals surface area contributed by atoms with E-state index in [1.165, 1.54) is 47.4 Å². The lowest BCUT2D eigenvalue weighted by atomic mass is 9.96. The third-order valence-electron chi connectivity index (χ3n) is 5.58. The molecule has 3 aromatic carbocycles. The van der Waals surface area contributed by atoms with E-state index in [1.807, 2.05) is 0 Å². The van der Waals surface area contributed by atoms with Crippen molar-refractivity contribution in [1.29, 1.82) is 0 Å². The van der Waals surface area contributed by atoms with E-state index in [9.17, 15) is 18.0 Å². The second-order valence-corrected chi connectivity index (χ2v) is 7.50. The van der Waals surface area contributed by atoms with Crippen molar-refractivity contribution in [3.05, 3.63) is 107 Å². The van der Waals surface area contributed by atoms with Gasteiger partial charge < -0.3 is 9.80 Å². The molecule has 0 aromatic heterocycles. The summed E-state index contributed by atoms with van der Waals surface area (Å²) in [4.78, 5) is 15.6. The van der Waals surface area contributed by atoms with Gasteiger partial charge in [-0.3, -0.25) is 4.79 Å². The van der Waals surface area contributed by atoms with Gasteiger partial charge in [-0.05, 0) is 66.7 Å². The molecule has 1 N–H and O–H groups in total. The molecule has 30 heavy (non-hydrogen) atoms. The van der Waals surface area contributed by atoms with E-state index in [-0.39, 0.29) is 23.6 Å². The molecule has 1 saturated heterocycles. The number of rotatable bonds is 4. The van der Waals surface area contributed by atoms with E-state index < -0.39 is 5.82 Å². The Morgan fingerprint density at radius 3 is 1.80 bits per heavy atom. The summed E-state index contributed by atoms with van der Waals surface area (Å²) in [5.74, 6) is -1.24. The van der Waals surface area contributed by atoms with Crippen LogP contribution in [-0.2, 0) is 0 Å². The smallest absolute Gasteiger partial charge is 0.254 e. The largest absolute Gasteiger partial charge is 0.327 e. The predicted octanol–water partition coefficient (Wildman–Crippen LogP) is 3.23. The van der Waals surface area contributed by atoms with E-state index in [0.717, 1.165) is 11.1 Å². The molecular formula is C24H22F3N2O+. The van der Waals surface area contributed by atoms with Gasteiger partial charge in [0.05, 0.1) is 26.2 Å². The summed E-state index contributed by atoms with van der Waals surface area (Å²) in [5.41, 5.74) is 2.21. The maximum Gasteiger partial charge on any atom is 0.254 e. The topological polar surface area (TPSA) is 24.8 Å². The Kier molecular flexibility index (Phi) is 5.86. The van der Waals surface area contributed by atoms with Gasteiger partial charge in [-0.15, -0.1) is 0 Å². The van der Waals surface area contributed by atoms with Gasteiger partial charge in [-0.1, -0.05) is 6.07 Å². The minimum Gasteiger partial charge on any atom is -0.327 e. The van der Waals surface area contributed by atoms with E-state index in [0.29, 0.717) is 31.7 Å². The number of hydrogen-bond acceptors (Lipinski definition) is 1. The summed E-state index contributed by atoms with van der Waals surface area (Å²) in [6, 6.07) is 18.3. The molecule has 1 heterocycles. The number of carbonyl (C=O) groups is 1. The highest BCUT2D eigenvalue weighted by molar-refractivity contribution is 5.94. The molecule has 0 unspecified atom stereocenters. The molecule has 0 atom stereocenters. The van der Waals surface area contributed by atoms with Gasteiger partial charge in [-0.2, -0.15) is 0 Å². The van der Waals surface area contributed by atoms with E-state index >= 15 is 0 Å². The van der Waals surface area contributed by atoms with Crippen molar-refractivity contribution >= 4 is 5.91 Å². The van der Waals surface area contributed by atoms with Gasteiger partial charge in [0.2, 0.25) is 0 Å². The zero-order chi connectivity index (χ0) is 21.1. The molecule has 3 aromatic rings. The first kappa shape index (κ1) is 20.2. The third-order valence-corrected chi connectivity index (χ3v) is 5.58. The van der Waals surface area contributed by atoms with Crippen LogP contribution in [0.1, 0.15) is 27.5 Å². The zero-order valence-corrected chi connectivity index (χ0v) is 16.3. The number of amides is 1. The summed E-state index contributed by atoms with van der Waals surface area (Å²) in [6.07, 6.45) is 0. The first-order chi connectivity index (χ1) is 14.5. The first-order valence-corrected chi connectivity index (χ1v) is 9.91. The number of benzene rings is 3. The van der Waals surface area contributed by atoms with E-state index in [2.05, 4.69) is 0 Å². The molecule has 1 aliphatic heterocycles. The lowest BCUT2D eigenvalue weighted by molar-refractivity contribution is -0.929. The summed E-state index contributed by atoms with van der Waals surface area (Å²) in [7, 11) is 0. The normalized spacial score (nSPS) is 14.9. The third kappa shape index (κ3) is 4.39. The van der Waals surface area contributed by atoms with Gasteiger partial charge >= 0.3 is 0 Å². The fourth-order valence-electron chi connectivity index (χ4n) is 4.06. The number of nitrogens with zero attached hydrogens (tertiary/aromatic N) is 1. The van der Waals surface area contributed by atoms with Gasteiger partial charge in [0.1, 0.15) is 23.5 Å². The lowest BCUT2D eigenvalue weighted by Gasteiger charge is -2.37. The maximum atomic E-state index is 13.5. The van der Waals surface area contributed by atoms with E-state index in [4.69, 9.17) is 0 Å². The predicted molar refractivity (Wildman–Crippen MR) is 108 cm³/mol. The van der Waals surface area contributed by atoms with Crippen molar-refractivity contribution < 1.29 is 22.9 Å². The molecule has 3 nitrogen and oxygen atoms in total. The van der Waals surface area contributed by atoms with Crippen LogP contribution in [0, 0.1) is 17.5 Å². The summed E-state index contributed by atoms with van der Waals surface area (Å²) in [6.45, 7) is 2.37. The van der Waals surface area contributed by atoms with Crippen LogP contribution in [0.2, 0.25) is 0 Å². The fraction of sp³-hybridized carbons (Fsp3) is 0.208. The van der Waals surface area contributed by atoms with Crippen LogP contribution in [0.3, 0.4) is 0 Å². The van der Waals surface area contributed by atoms with Crippen molar-refractivity contribution in [2.75, 3.05) is 26.2 Å². The van der Waals surface area contributed by atoms with Crippen LogP contribution >= 0.6 is 0 Å². The monoisotopic (exact) mass is 411 g/mol. The SMILES string of the molecule is O=C(c1cccc(F)c1)N1CC[NH+](C(c2ccc(F)cc2)c2ccc(F)cc2)CC1. The van der Waals surface area contributed by atoms with Crippen LogP contribution in [-0.4, -0.2) is 37.0 Å². The Morgan fingerprint density at radius 2 is 1.30 bits per heavy atom. The number of halogens is 3. The van der Waals surface area contributed by atoms with E-state index in [1.54, 1.807) is 35.2 Å². The number of nitrogens with one attached hydrogen (secondary N) is 1. The van der Waals surface area contributed by atoms with Crippen LogP contribution in [0.4, 0.5) is 13.2 Å². The van der Waals surface area contributed by atoms with Crippen molar-refractivity contribution in [2.24, 2.45) is 0 Å². The highest BCUT2D eigenvalue weighted by Crippen LogP contribution is 2.21. The van der Waals surface area contributed by atoms with Gasteiger partial charge in [-0.25, -0.2) is 13.2 Å². The molecule has 0 bridgehead atoms. The van der Waals surface area contributed by atoms with Crippen molar-refractivity contribution in [3.8, 4) is 0 Å². The molecular weight excluding hydrogens is 389 g/mol. The van der Waals surface area contributed by atoms with Crippen molar-refractivity contribution in [1.82, 2.24) is 4.90 Å². The minimum atomic E-state index is -0.433. The van der Waals surface area contributed by atoms with Crippen LogP contribution in [0.15, 0.2) is 72.8 Å². The quantitative estimate of drug-likeness (QED) is 0.701. The highest BCUT2D eigenvalue weighted by atomic mass is 19.1. The highest BCUT2D eigenvalue weighted by Gasteiger charge is 2.32. The van der Waals surface area contributed by atoms with Gasteiger partial charge in [0, 0.05) is 16.7 Å². The van der Waals surface area contributed by atoms with Crippen molar-refractivity contribution in [3.63, 3.8) is 0 Å². The second kappa shape index (κ2) is 8.71. The second-order valence-electron chi connectivity index (χ2n) is 7.50. The molecule has 0 saturated carbocycles. The Hall–Kier alpha value is -3.12. The molecule has 1 fully saturated rings. The molecule has 6 heteroatoms. The molecule has 0 radical (unpaired) electrons. The summed E-state index contributed by atoms with van der Waals surface area (Å²) < 4.78 is 40.4. The Labute approximate surface area is 173 Å². The van der Waals surface area contributed by atoms with Gasteiger partial charge in [0.25, 0.3) is 5.91 Å². The van der Waals surface area contributed by atoms with Crippen LogP contribution in [0.25, 0.3) is 0 Å². The Morgan fingerprint density at radius 1 is 0.767 bits per heavy atom. The molecule has 0 spiro atoms. The molecule has 1 aliphatic rings. The van der Waals surface area contributed by atoms with Crippen molar-refractivity contribution in [2.45, 2.75) is 6.04 Å².